The maximum Gasteiger partial charge on any atom is 0.109 e. The number of imidazole rings is 1. The Morgan fingerprint density at radius 1 is 1.41 bits per heavy atom. The molecule has 0 amide bonds. The second-order valence-corrected chi connectivity index (χ2v) is 4.67. The summed E-state index contributed by atoms with van der Waals surface area (Å²) in [4.78, 5) is 8.71. The first-order valence-corrected chi connectivity index (χ1v) is 6.17. The number of aromatic nitrogens is 3. The van der Waals surface area contributed by atoms with E-state index in [9.17, 15) is 0 Å². The summed E-state index contributed by atoms with van der Waals surface area (Å²) in [6.45, 7) is 3.02. The second kappa shape index (κ2) is 5.27. The van der Waals surface area contributed by atoms with E-state index >= 15 is 0 Å². The quantitative estimate of drug-likeness (QED) is 0.856. The van der Waals surface area contributed by atoms with Crippen LogP contribution in [0.15, 0.2) is 18.5 Å². The summed E-state index contributed by atoms with van der Waals surface area (Å²) in [6, 6.07) is 2.01. The first kappa shape index (κ1) is 12.0. The first-order chi connectivity index (χ1) is 8.22. The third-order valence-corrected chi connectivity index (χ3v) is 3.30. The van der Waals surface area contributed by atoms with Gasteiger partial charge in [0, 0.05) is 19.7 Å². The molecular weight excluding hydrogens is 212 g/mol. The van der Waals surface area contributed by atoms with Crippen LogP contribution in [0.1, 0.15) is 25.6 Å². The van der Waals surface area contributed by atoms with Gasteiger partial charge in [-0.05, 0) is 31.4 Å². The van der Waals surface area contributed by atoms with Gasteiger partial charge in [0.1, 0.15) is 11.3 Å². The molecule has 0 bridgehead atoms. The van der Waals surface area contributed by atoms with E-state index in [2.05, 4.69) is 28.5 Å². The fourth-order valence-corrected chi connectivity index (χ4v) is 2.13. The lowest BCUT2D eigenvalue weighted by Crippen LogP contribution is -2.08. The Labute approximate surface area is 102 Å². The highest BCUT2D eigenvalue weighted by Gasteiger charge is 2.09. The highest BCUT2D eigenvalue weighted by Crippen LogP contribution is 2.16. The molecule has 2 heterocycles. The summed E-state index contributed by atoms with van der Waals surface area (Å²) in [5.41, 5.74) is 7.70. The van der Waals surface area contributed by atoms with Gasteiger partial charge in [-0.2, -0.15) is 0 Å². The first-order valence-electron chi connectivity index (χ1n) is 6.17. The van der Waals surface area contributed by atoms with Gasteiger partial charge in [-0.1, -0.05) is 6.92 Å². The number of fused-ring (bicyclic) bond motifs is 1. The zero-order chi connectivity index (χ0) is 12.3. The maximum atomic E-state index is 5.56. The molecule has 2 N–H and O–H groups in total. The van der Waals surface area contributed by atoms with Gasteiger partial charge < -0.3 is 10.3 Å². The zero-order valence-electron chi connectivity index (χ0n) is 10.6. The van der Waals surface area contributed by atoms with Crippen LogP contribution in [0, 0.1) is 5.92 Å². The van der Waals surface area contributed by atoms with Crippen molar-refractivity contribution >= 4 is 11.0 Å². The second-order valence-electron chi connectivity index (χ2n) is 4.67. The number of rotatable bonds is 5. The molecule has 4 heteroatoms. The van der Waals surface area contributed by atoms with Crippen molar-refractivity contribution in [1.82, 2.24) is 14.5 Å². The molecule has 92 valence electrons. The minimum absolute atomic E-state index is 0.665. The molecule has 4 nitrogen and oxygen atoms in total. The average Bonchev–Trinajstić information content (AvgIpc) is 2.65. The van der Waals surface area contributed by atoms with E-state index in [1.54, 1.807) is 0 Å². The van der Waals surface area contributed by atoms with Crippen molar-refractivity contribution in [2.45, 2.75) is 26.2 Å². The highest BCUT2D eigenvalue weighted by atomic mass is 15.1. The Balaban J connectivity index is 2.11. The summed E-state index contributed by atoms with van der Waals surface area (Å²) in [5, 5.41) is 0. The lowest BCUT2D eigenvalue weighted by Gasteiger charge is -2.09. The van der Waals surface area contributed by atoms with E-state index in [0.717, 1.165) is 42.7 Å². The van der Waals surface area contributed by atoms with Crippen molar-refractivity contribution in [1.29, 1.82) is 0 Å². The molecule has 17 heavy (non-hydrogen) atoms. The number of hydrogen-bond acceptors (Lipinski definition) is 3. The van der Waals surface area contributed by atoms with E-state index in [1.807, 2.05) is 18.5 Å². The van der Waals surface area contributed by atoms with Crippen LogP contribution in [0.25, 0.3) is 11.0 Å². The van der Waals surface area contributed by atoms with Gasteiger partial charge >= 0.3 is 0 Å². The lowest BCUT2D eigenvalue weighted by atomic mass is 10.0. The van der Waals surface area contributed by atoms with Crippen LogP contribution in [-0.4, -0.2) is 21.1 Å². The molecule has 0 saturated heterocycles. The summed E-state index contributed by atoms with van der Waals surface area (Å²) >= 11 is 0. The molecule has 0 saturated carbocycles. The molecule has 0 aliphatic heterocycles. The van der Waals surface area contributed by atoms with Gasteiger partial charge in [0.05, 0.1) is 11.7 Å². The van der Waals surface area contributed by atoms with Crippen molar-refractivity contribution in [3.05, 3.63) is 24.3 Å². The molecule has 1 atom stereocenters. The fourth-order valence-electron chi connectivity index (χ4n) is 2.13. The van der Waals surface area contributed by atoms with Crippen molar-refractivity contribution in [3.63, 3.8) is 0 Å². The average molecular weight is 232 g/mol. The zero-order valence-corrected chi connectivity index (χ0v) is 10.6. The molecule has 0 fully saturated rings. The largest absolute Gasteiger partial charge is 0.331 e. The van der Waals surface area contributed by atoms with Crippen LogP contribution in [-0.2, 0) is 13.5 Å². The summed E-state index contributed by atoms with van der Waals surface area (Å²) in [6.07, 6.45) is 6.87. The predicted octanol–water partition coefficient (Wildman–Crippen LogP) is 1.89. The molecule has 2 aromatic heterocycles. The summed E-state index contributed by atoms with van der Waals surface area (Å²) in [7, 11) is 2.07. The van der Waals surface area contributed by atoms with Gasteiger partial charge in [0.15, 0.2) is 0 Å². The van der Waals surface area contributed by atoms with Crippen LogP contribution in [0.2, 0.25) is 0 Å². The SMILES string of the molecule is CC(CCN)CCc1nc2cnccc2n1C. The van der Waals surface area contributed by atoms with Crippen molar-refractivity contribution in [2.24, 2.45) is 18.7 Å². The third-order valence-electron chi connectivity index (χ3n) is 3.30. The Bertz CT molecular complexity index is 489. The van der Waals surface area contributed by atoms with Crippen molar-refractivity contribution in [3.8, 4) is 0 Å². The third kappa shape index (κ3) is 2.64. The van der Waals surface area contributed by atoms with Gasteiger partial charge in [-0.3, -0.25) is 4.98 Å². The van der Waals surface area contributed by atoms with E-state index in [-0.39, 0.29) is 0 Å². The van der Waals surface area contributed by atoms with E-state index in [0.29, 0.717) is 5.92 Å². The van der Waals surface area contributed by atoms with Crippen molar-refractivity contribution in [2.75, 3.05) is 6.54 Å². The molecule has 1 unspecified atom stereocenters. The molecule has 0 radical (unpaired) electrons. The molecule has 2 aromatic rings. The molecule has 0 aliphatic rings. The number of nitrogens with zero attached hydrogens (tertiary/aromatic N) is 3. The van der Waals surface area contributed by atoms with Crippen LogP contribution < -0.4 is 5.73 Å². The highest BCUT2D eigenvalue weighted by molar-refractivity contribution is 5.74. The smallest absolute Gasteiger partial charge is 0.109 e. The number of pyridine rings is 1. The number of aryl methyl sites for hydroxylation is 2. The Morgan fingerprint density at radius 3 is 2.94 bits per heavy atom. The van der Waals surface area contributed by atoms with Gasteiger partial charge in [-0.25, -0.2) is 4.98 Å². The maximum absolute atomic E-state index is 5.56. The Morgan fingerprint density at radius 2 is 2.24 bits per heavy atom. The Hall–Kier alpha value is -1.42. The van der Waals surface area contributed by atoms with E-state index < -0.39 is 0 Å². The molecule has 0 aromatic carbocycles. The van der Waals surface area contributed by atoms with Gasteiger partial charge in [0.25, 0.3) is 0 Å². The monoisotopic (exact) mass is 232 g/mol. The van der Waals surface area contributed by atoms with E-state index in [1.165, 1.54) is 0 Å². The van der Waals surface area contributed by atoms with E-state index in [4.69, 9.17) is 5.73 Å². The lowest BCUT2D eigenvalue weighted by molar-refractivity contribution is 0.490. The number of nitrogens with two attached hydrogens (primary N) is 1. The number of hydrogen-bond donors (Lipinski definition) is 1. The minimum atomic E-state index is 0.665. The van der Waals surface area contributed by atoms with Crippen molar-refractivity contribution < 1.29 is 0 Å². The molecular formula is C13H20N4. The van der Waals surface area contributed by atoms with Crippen LogP contribution >= 0.6 is 0 Å². The van der Waals surface area contributed by atoms with Crippen LogP contribution in [0.5, 0.6) is 0 Å². The standard InChI is InChI=1S/C13H20N4/c1-10(5-7-14)3-4-13-16-11-9-15-8-6-12(11)17(13)2/h6,8-10H,3-5,7,14H2,1-2H3. The molecule has 0 aliphatic carbocycles. The molecule has 0 spiro atoms. The summed E-state index contributed by atoms with van der Waals surface area (Å²) < 4.78 is 2.16. The molecule has 2 rings (SSSR count). The fraction of sp³-hybridized carbons (Fsp3) is 0.538. The van der Waals surface area contributed by atoms with Crippen LogP contribution in [0.4, 0.5) is 0 Å². The van der Waals surface area contributed by atoms with Crippen LogP contribution in [0.3, 0.4) is 0 Å². The summed E-state index contributed by atoms with van der Waals surface area (Å²) in [5.74, 6) is 1.80. The normalized spacial score (nSPS) is 13.1. The predicted molar refractivity (Wildman–Crippen MR) is 69.7 cm³/mol. The minimum Gasteiger partial charge on any atom is -0.331 e. The topological polar surface area (TPSA) is 56.7 Å². The van der Waals surface area contributed by atoms with Gasteiger partial charge in [0.2, 0.25) is 0 Å². The Kier molecular flexibility index (Phi) is 3.74. The van der Waals surface area contributed by atoms with Gasteiger partial charge in [-0.15, -0.1) is 0 Å².